The van der Waals surface area contributed by atoms with Crippen LogP contribution in [0.15, 0.2) is 36.7 Å². The second-order valence-electron chi connectivity index (χ2n) is 10.2. The molecule has 4 N–H and O–H groups in total. The zero-order valence-electron chi connectivity index (χ0n) is 21.6. The summed E-state index contributed by atoms with van der Waals surface area (Å²) in [5.74, 6) is -2.82. The number of nitriles is 1. The Labute approximate surface area is 226 Å². The fraction of sp³-hybridized carbons (Fsp3) is 0.423. The van der Waals surface area contributed by atoms with Crippen molar-refractivity contribution in [1.82, 2.24) is 25.2 Å². The first kappa shape index (κ1) is 28.8. The lowest BCUT2D eigenvalue weighted by Crippen LogP contribution is -2.45. The van der Waals surface area contributed by atoms with E-state index in [-0.39, 0.29) is 24.1 Å². The van der Waals surface area contributed by atoms with Gasteiger partial charge < -0.3 is 21.1 Å². The minimum absolute atomic E-state index is 0.0982. The van der Waals surface area contributed by atoms with Gasteiger partial charge in [0.1, 0.15) is 12.2 Å². The highest BCUT2D eigenvalue weighted by Gasteiger charge is 2.39. The summed E-state index contributed by atoms with van der Waals surface area (Å²) in [5, 5.41) is 30.8. The fourth-order valence-corrected chi connectivity index (χ4v) is 4.25. The fourth-order valence-electron chi connectivity index (χ4n) is 4.25. The van der Waals surface area contributed by atoms with Gasteiger partial charge in [0, 0.05) is 18.8 Å². The Balaban J connectivity index is 1.54. The van der Waals surface area contributed by atoms with Gasteiger partial charge in [-0.1, -0.05) is 0 Å². The molecule has 1 aliphatic carbocycles. The van der Waals surface area contributed by atoms with Crippen molar-refractivity contribution in [3.8, 4) is 17.5 Å². The highest BCUT2D eigenvalue weighted by molar-refractivity contribution is 6.00. The van der Waals surface area contributed by atoms with E-state index in [0.29, 0.717) is 41.0 Å². The van der Waals surface area contributed by atoms with Gasteiger partial charge in [0.25, 0.3) is 5.91 Å². The van der Waals surface area contributed by atoms with Gasteiger partial charge in [-0.2, -0.15) is 23.5 Å². The molecule has 40 heavy (non-hydrogen) atoms. The number of hydrogen-bond acceptors (Lipinski definition) is 7. The topological polar surface area (TPSA) is 144 Å². The molecule has 4 rings (SSSR count). The van der Waals surface area contributed by atoms with E-state index >= 15 is 0 Å². The summed E-state index contributed by atoms with van der Waals surface area (Å²) in [5.41, 5.74) is 0.825. The molecule has 0 aromatic carbocycles. The van der Waals surface area contributed by atoms with Crippen LogP contribution in [0.1, 0.15) is 42.6 Å². The van der Waals surface area contributed by atoms with Crippen molar-refractivity contribution in [2.24, 2.45) is 5.92 Å². The molecule has 0 bridgehead atoms. The van der Waals surface area contributed by atoms with Crippen LogP contribution in [0.2, 0.25) is 0 Å². The summed E-state index contributed by atoms with van der Waals surface area (Å²) >= 11 is 0. The Morgan fingerprint density at radius 2 is 1.93 bits per heavy atom. The number of alkyl halides is 4. The van der Waals surface area contributed by atoms with E-state index in [1.165, 1.54) is 26.2 Å². The molecule has 0 aliphatic heterocycles. The zero-order chi connectivity index (χ0) is 29.2. The van der Waals surface area contributed by atoms with Crippen molar-refractivity contribution in [3.63, 3.8) is 0 Å². The zero-order valence-corrected chi connectivity index (χ0v) is 21.6. The van der Waals surface area contributed by atoms with E-state index in [2.05, 4.69) is 20.7 Å². The maximum Gasteiger partial charge on any atom is 0.471 e. The average Bonchev–Trinajstić information content (AvgIpc) is 3.30. The highest BCUT2D eigenvalue weighted by Crippen LogP contribution is 2.33. The van der Waals surface area contributed by atoms with Crippen molar-refractivity contribution in [3.05, 3.63) is 47.8 Å². The molecule has 14 heteroatoms. The molecule has 3 heterocycles. The number of nitrogens with zero attached hydrogens (tertiary/aromatic N) is 4. The largest absolute Gasteiger partial charge is 0.471 e. The van der Waals surface area contributed by atoms with E-state index in [9.17, 15) is 32.3 Å². The lowest BCUT2D eigenvalue weighted by molar-refractivity contribution is -0.173. The molecule has 0 saturated heterocycles. The molecular weight excluding hydrogens is 534 g/mol. The van der Waals surface area contributed by atoms with Crippen LogP contribution in [0.5, 0.6) is 0 Å². The van der Waals surface area contributed by atoms with E-state index in [4.69, 9.17) is 5.26 Å². The molecule has 0 spiro atoms. The maximum atomic E-state index is 14.2. The van der Waals surface area contributed by atoms with Crippen LogP contribution in [-0.2, 0) is 4.79 Å². The van der Waals surface area contributed by atoms with Crippen molar-refractivity contribution in [2.75, 3.05) is 18.4 Å². The van der Waals surface area contributed by atoms with Crippen LogP contribution in [-0.4, -0.2) is 68.6 Å². The summed E-state index contributed by atoms with van der Waals surface area (Å²) in [7, 11) is 0. The first-order valence-corrected chi connectivity index (χ1v) is 12.4. The van der Waals surface area contributed by atoms with Gasteiger partial charge >= 0.3 is 12.1 Å². The lowest BCUT2D eigenvalue weighted by Gasteiger charge is -2.37. The lowest BCUT2D eigenvalue weighted by atomic mass is 9.80. The Morgan fingerprint density at radius 1 is 1.20 bits per heavy atom. The van der Waals surface area contributed by atoms with Crippen LogP contribution < -0.4 is 16.0 Å². The number of halogens is 4. The van der Waals surface area contributed by atoms with Gasteiger partial charge in [-0.05, 0) is 56.9 Å². The van der Waals surface area contributed by atoms with Crippen LogP contribution in [0, 0.1) is 17.2 Å². The first-order chi connectivity index (χ1) is 18.8. The number of aromatic nitrogens is 3. The van der Waals surface area contributed by atoms with Crippen molar-refractivity contribution in [2.45, 2.75) is 50.7 Å². The summed E-state index contributed by atoms with van der Waals surface area (Å²) in [4.78, 5) is 28.4. The monoisotopic (exact) mass is 561 g/mol. The predicted octanol–water partition coefficient (Wildman–Crippen LogP) is 2.98. The normalized spacial score (nSPS) is 17.9. The van der Waals surface area contributed by atoms with Crippen LogP contribution in [0.3, 0.4) is 0 Å². The highest BCUT2D eigenvalue weighted by atomic mass is 19.4. The molecule has 2 amide bonds. The SMILES string of the molecule is CC(C)(O)[C@H](F)CNC(=O)c1cnc(-c2ccc3cc(C#N)cnn23)cc1N[C@H]1C[C@H](CNC(=O)C(F)(F)F)C1. The third-order valence-electron chi connectivity index (χ3n) is 6.65. The Morgan fingerprint density at radius 3 is 2.58 bits per heavy atom. The van der Waals surface area contributed by atoms with Crippen molar-refractivity contribution in [1.29, 1.82) is 5.26 Å². The molecule has 0 unspecified atom stereocenters. The molecule has 1 saturated carbocycles. The van der Waals surface area contributed by atoms with Crippen LogP contribution in [0.4, 0.5) is 23.2 Å². The third kappa shape index (κ3) is 6.48. The van der Waals surface area contributed by atoms with Gasteiger partial charge in [-0.15, -0.1) is 0 Å². The Hall–Kier alpha value is -4.25. The molecule has 1 fully saturated rings. The molecule has 212 valence electrons. The molecular formula is C26H27F4N7O3. The Bertz CT molecular complexity index is 1450. The number of carbonyl (C=O) groups excluding carboxylic acids is 2. The number of pyridine rings is 1. The summed E-state index contributed by atoms with van der Waals surface area (Å²) < 4.78 is 53.2. The summed E-state index contributed by atoms with van der Waals surface area (Å²) in [6, 6.07) is 8.57. The molecule has 3 aromatic rings. The van der Waals surface area contributed by atoms with Crippen LogP contribution in [0.25, 0.3) is 16.9 Å². The van der Waals surface area contributed by atoms with Gasteiger partial charge in [0.05, 0.1) is 52.1 Å². The van der Waals surface area contributed by atoms with Crippen molar-refractivity contribution < 1.29 is 32.3 Å². The molecule has 0 radical (unpaired) electrons. The maximum absolute atomic E-state index is 14.2. The number of rotatable bonds is 9. The second-order valence-corrected chi connectivity index (χ2v) is 10.2. The van der Waals surface area contributed by atoms with Gasteiger partial charge in [0.2, 0.25) is 0 Å². The predicted molar refractivity (Wildman–Crippen MR) is 136 cm³/mol. The second kappa shape index (κ2) is 11.1. The smallest absolute Gasteiger partial charge is 0.387 e. The minimum Gasteiger partial charge on any atom is -0.387 e. The van der Waals surface area contributed by atoms with Gasteiger partial charge in [0.15, 0.2) is 0 Å². The number of hydrogen-bond donors (Lipinski definition) is 4. The standard InChI is InChI=1S/C26H27F4N7O3/c1-25(2,40)22(27)13-33-23(38)18-12-32-20(21-4-3-17-7-15(9-31)11-35-37(17)21)8-19(18)36-16-5-14(6-16)10-34-24(39)26(28,29)30/h3-4,7-8,11-12,14,16,22,40H,5-6,10,13H2,1-2H3,(H,32,36)(H,33,38)(H,34,39)/t14-,16-,22-/m1/s1. The molecule has 10 nitrogen and oxygen atoms in total. The van der Waals surface area contributed by atoms with Gasteiger partial charge in [-0.3, -0.25) is 14.6 Å². The quantitative estimate of drug-likeness (QED) is 0.294. The number of amides is 2. The average molecular weight is 562 g/mol. The molecule has 1 aliphatic rings. The van der Waals surface area contributed by atoms with E-state index < -0.39 is 36.3 Å². The summed E-state index contributed by atoms with van der Waals surface area (Å²) in [6.45, 7) is 1.99. The number of aliphatic hydroxyl groups is 1. The van der Waals surface area contributed by atoms with Crippen LogP contribution >= 0.6 is 0 Å². The van der Waals surface area contributed by atoms with Crippen molar-refractivity contribution >= 4 is 23.0 Å². The summed E-state index contributed by atoms with van der Waals surface area (Å²) in [6.07, 6.45) is -3.08. The molecule has 1 atom stereocenters. The minimum atomic E-state index is -4.95. The first-order valence-electron chi connectivity index (χ1n) is 12.4. The third-order valence-corrected chi connectivity index (χ3v) is 6.65. The Kier molecular flexibility index (Phi) is 7.97. The van der Waals surface area contributed by atoms with E-state index in [1.54, 1.807) is 28.8 Å². The molecule has 3 aromatic heterocycles. The number of nitrogens with one attached hydrogen (secondary N) is 3. The van der Waals surface area contributed by atoms with Gasteiger partial charge in [-0.25, -0.2) is 8.91 Å². The van der Waals surface area contributed by atoms with E-state index in [0.717, 1.165) is 0 Å². The van der Waals surface area contributed by atoms with E-state index in [1.807, 2.05) is 11.4 Å². The number of carbonyl (C=O) groups is 2. The number of anilines is 1. The number of fused-ring (bicyclic) bond motifs is 1.